The van der Waals surface area contributed by atoms with Crippen molar-refractivity contribution in [3.63, 3.8) is 0 Å². The molecule has 2 aliphatic heterocycles. The number of nitro groups is 1. The van der Waals surface area contributed by atoms with Crippen molar-refractivity contribution in [1.29, 1.82) is 0 Å². The summed E-state index contributed by atoms with van der Waals surface area (Å²) in [6, 6.07) is 9.96. The highest BCUT2D eigenvalue weighted by atomic mass is 32.3. The Morgan fingerprint density at radius 1 is 1.07 bits per heavy atom. The summed E-state index contributed by atoms with van der Waals surface area (Å²) in [5, 5.41) is 12.3. The minimum Gasteiger partial charge on any atom is -0.381 e. The van der Waals surface area contributed by atoms with E-state index in [9.17, 15) is 23.3 Å². The fraction of sp³-hybridized carbons (Fsp3) is 0.562. The molecular formula is C32H44N4O7S2. The Labute approximate surface area is 266 Å². The van der Waals surface area contributed by atoms with Gasteiger partial charge < -0.3 is 14.0 Å². The molecule has 45 heavy (non-hydrogen) atoms. The summed E-state index contributed by atoms with van der Waals surface area (Å²) in [6.45, 7) is 3.85. The molecule has 0 unspecified atom stereocenters. The predicted molar refractivity (Wildman–Crippen MR) is 179 cm³/mol. The average molecular weight is 661 g/mol. The molecule has 2 aromatic heterocycles. The molecule has 2 saturated heterocycles. The second-order valence-electron chi connectivity index (χ2n) is 13.1. The van der Waals surface area contributed by atoms with Crippen molar-refractivity contribution in [1.82, 2.24) is 14.5 Å². The fourth-order valence-electron chi connectivity index (χ4n) is 6.12. The Kier molecular flexibility index (Phi) is 10.3. The molecule has 13 heteroatoms. The van der Waals surface area contributed by atoms with Gasteiger partial charge in [0.2, 0.25) is 0 Å². The SMILES string of the molecule is CS(C)(C)CCOCn1c(-c2ccc(CN3CCC(S(C)(=O)=O)CC3)cc2)cc2c(C(=O)C3CCOCC3)c([N+](=O)[O-])cnc21. The first kappa shape index (κ1) is 33.5. The fourth-order valence-corrected chi connectivity index (χ4v) is 7.80. The lowest BCUT2D eigenvalue weighted by atomic mass is 9.89. The Bertz CT molecular complexity index is 1630. The van der Waals surface area contributed by atoms with E-state index in [2.05, 4.69) is 28.7 Å². The molecule has 2 aliphatic rings. The lowest BCUT2D eigenvalue weighted by Gasteiger charge is -2.31. The summed E-state index contributed by atoms with van der Waals surface area (Å²) in [6.07, 6.45) is 11.6. The summed E-state index contributed by atoms with van der Waals surface area (Å²) in [5.41, 5.74) is 3.05. The molecule has 0 N–H and O–H groups in total. The number of likely N-dealkylation sites (tertiary alicyclic amines) is 1. The minimum atomic E-state index is -3.02. The van der Waals surface area contributed by atoms with Crippen molar-refractivity contribution in [2.75, 3.05) is 63.7 Å². The molecule has 4 heterocycles. The number of hydrogen-bond donors (Lipinski definition) is 0. The van der Waals surface area contributed by atoms with Gasteiger partial charge in [0.1, 0.15) is 34.0 Å². The molecule has 2 fully saturated rings. The molecule has 11 nitrogen and oxygen atoms in total. The summed E-state index contributed by atoms with van der Waals surface area (Å²) in [7, 11) is -3.78. The van der Waals surface area contributed by atoms with E-state index in [1.54, 1.807) is 0 Å². The van der Waals surface area contributed by atoms with E-state index in [0.717, 1.165) is 42.2 Å². The van der Waals surface area contributed by atoms with E-state index in [0.29, 0.717) is 56.5 Å². The predicted octanol–water partition coefficient (Wildman–Crippen LogP) is 4.90. The summed E-state index contributed by atoms with van der Waals surface area (Å²) in [5.74, 6) is 0.348. The van der Waals surface area contributed by atoms with E-state index >= 15 is 0 Å². The minimum absolute atomic E-state index is 0.102. The van der Waals surface area contributed by atoms with Crippen molar-refractivity contribution < 1.29 is 27.6 Å². The number of Topliss-reactive ketones (excluding diaryl/α,β-unsaturated/α-hetero) is 1. The molecule has 5 rings (SSSR count). The van der Waals surface area contributed by atoms with Gasteiger partial charge in [0, 0.05) is 43.1 Å². The van der Waals surface area contributed by atoms with E-state index < -0.39 is 24.8 Å². The number of fused-ring (bicyclic) bond motifs is 1. The Balaban J connectivity index is 1.47. The highest BCUT2D eigenvalue weighted by molar-refractivity contribution is 8.32. The standard InChI is InChI=1S/C32H44N4O7S2/c1-44(2,3)18-17-43-22-35-28(24-7-5-23(6-8-24)21-34-13-9-26(10-14-34)45(4,40)41)19-27-30(29(36(38)39)20-33-32(27)35)31(37)25-11-15-42-16-12-25/h5-8,19-20,25-26H,9-18,21-22H2,1-4H3. The number of piperidine rings is 1. The molecule has 0 bridgehead atoms. The molecule has 0 amide bonds. The Morgan fingerprint density at radius 3 is 2.33 bits per heavy atom. The van der Waals surface area contributed by atoms with Crippen LogP contribution in [0.4, 0.5) is 5.69 Å². The van der Waals surface area contributed by atoms with E-state index in [1.807, 2.05) is 34.9 Å². The maximum atomic E-state index is 13.8. The van der Waals surface area contributed by atoms with Gasteiger partial charge in [0.25, 0.3) is 5.69 Å². The highest BCUT2D eigenvalue weighted by Crippen LogP contribution is 2.37. The molecule has 3 aromatic rings. The number of hydrogen-bond acceptors (Lipinski definition) is 9. The average Bonchev–Trinajstić information content (AvgIpc) is 3.37. The molecule has 0 aliphatic carbocycles. The van der Waals surface area contributed by atoms with Crippen LogP contribution in [-0.4, -0.2) is 103 Å². The normalized spacial score (nSPS) is 18.0. The number of ketones is 1. The summed E-state index contributed by atoms with van der Waals surface area (Å²) >= 11 is 0. The van der Waals surface area contributed by atoms with Crippen LogP contribution in [0.25, 0.3) is 22.3 Å². The lowest BCUT2D eigenvalue weighted by molar-refractivity contribution is -0.385. The second kappa shape index (κ2) is 13.9. The number of pyridine rings is 1. The molecule has 0 radical (unpaired) electrons. The van der Waals surface area contributed by atoms with Crippen LogP contribution in [0.1, 0.15) is 41.6 Å². The quantitative estimate of drug-likeness (QED) is 0.115. The van der Waals surface area contributed by atoms with Crippen molar-refractivity contribution >= 4 is 42.4 Å². The smallest absolute Gasteiger partial charge is 0.299 e. The zero-order chi connectivity index (χ0) is 32.4. The topological polar surface area (TPSA) is 134 Å². The lowest BCUT2D eigenvalue weighted by Crippen LogP contribution is -2.38. The third-order valence-corrected chi connectivity index (χ3v) is 11.9. The van der Waals surface area contributed by atoms with Crippen molar-refractivity contribution in [2.24, 2.45) is 5.92 Å². The first-order valence-corrected chi connectivity index (χ1v) is 20.3. The first-order valence-electron chi connectivity index (χ1n) is 15.3. The van der Waals surface area contributed by atoms with Crippen LogP contribution in [0.2, 0.25) is 0 Å². The van der Waals surface area contributed by atoms with Gasteiger partial charge in [-0.25, -0.2) is 23.4 Å². The van der Waals surface area contributed by atoms with Crippen LogP contribution in [0.15, 0.2) is 36.5 Å². The van der Waals surface area contributed by atoms with Crippen LogP contribution in [-0.2, 0) is 32.6 Å². The van der Waals surface area contributed by atoms with Gasteiger partial charge in [-0.05, 0) is 74.7 Å². The van der Waals surface area contributed by atoms with Crippen LogP contribution >= 0.6 is 10.0 Å². The number of aromatic nitrogens is 2. The Morgan fingerprint density at radius 2 is 1.73 bits per heavy atom. The zero-order valence-corrected chi connectivity index (χ0v) is 28.2. The van der Waals surface area contributed by atoms with Crippen LogP contribution < -0.4 is 0 Å². The third-order valence-electron chi connectivity index (χ3n) is 8.79. The number of carbonyl (C=O) groups is 1. The highest BCUT2D eigenvalue weighted by Gasteiger charge is 2.33. The maximum Gasteiger partial charge on any atom is 0.299 e. The number of rotatable bonds is 12. The van der Waals surface area contributed by atoms with Gasteiger partial charge in [0.05, 0.1) is 22.5 Å². The van der Waals surface area contributed by atoms with Gasteiger partial charge in [0.15, 0.2) is 5.78 Å². The second-order valence-corrected chi connectivity index (χ2v) is 20.0. The van der Waals surface area contributed by atoms with Crippen LogP contribution in [0.5, 0.6) is 0 Å². The van der Waals surface area contributed by atoms with E-state index in [1.165, 1.54) is 12.5 Å². The molecule has 246 valence electrons. The molecule has 0 spiro atoms. The molecule has 0 atom stereocenters. The zero-order valence-electron chi connectivity index (χ0n) is 26.6. The van der Waals surface area contributed by atoms with Crippen molar-refractivity contribution in [3.05, 3.63) is 57.8 Å². The number of nitrogens with zero attached hydrogens (tertiary/aromatic N) is 4. The number of benzene rings is 1. The first-order chi connectivity index (χ1) is 21.3. The van der Waals surface area contributed by atoms with Gasteiger partial charge in [-0.2, -0.15) is 0 Å². The largest absolute Gasteiger partial charge is 0.381 e. The van der Waals surface area contributed by atoms with E-state index in [4.69, 9.17) is 9.47 Å². The van der Waals surface area contributed by atoms with Gasteiger partial charge in [-0.15, -0.1) is 0 Å². The van der Waals surface area contributed by atoms with E-state index in [-0.39, 0.29) is 34.9 Å². The van der Waals surface area contributed by atoms with Crippen molar-refractivity contribution in [2.45, 2.75) is 44.2 Å². The number of ether oxygens (including phenoxy) is 2. The maximum absolute atomic E-state index is 13.8. The molecule has 0 saturated carbocycles. The monoisotopic (exact) mass is 660 g/mol. The summed E-state index contributed by atoms with van der Waals surface area (Å²) < 4.78 is 37.4. The number of sulfone groups is 1. The van der Waals surface area contributed by atoms with Crippen LogP contribution in [0.3, 0.4) is 0 Å². The number of carbonyl (C=O) groups excluding carboxylic acids is 1. The Hall–Kier alpha value is -2.84. The third kappa shape index (κ3) is 8.12. The van der Waals surface area contributed by atoms with Crippen molar-refractivity contribution in [3.8, 4) is 11.3 Å². The van der Waals surface area contributed by atoms with Gasteiger partial charge >= 0.3 is 0 Å². The molecule has 1 aromatic carbocycles. The van der Waals surface area contributed by atoms with Crippen LogP contribution in [0, 0.1) is 16.0 Å². The van der Waals surface area contributed by atoms with Gasteiger partial charge in [-0.1, -0.05) is 24.3 Å². The summed E-state index contributed by atoms with van der Waals surface area (Å²) in [4.78, 5) is 32.2. The molecular weight excluding hydrogens is 617 g/mol. The van der Waals surface area contributed by atoms with Gasteiger partial charge in [-0.3, -0.25) is 19.8 Å².